The van der Waals surface area contributed by atoms with Crippen LogP contribution in [0.4, 0.5) is 0 Å². The lowest BCUT2D eigenvalue weighted by Crippen LogP contribution is -2.38. The van der Waals surface area contributed by atoms with Gasteiger partial charge in [-0.15, -0.1) is 0 Å². The quantitative estimate of drug-likeness (QED) is 0.633. The molecule has 0 amide bonds. The number of nitrogens with one attached hydrogen (secondary N) is 2. The molecule has 0 aromatic heterocycles. The summed E-state index contributed by atoms with van der Waals surface area (Å²) < 4.78 is 24.5. The highest BCUT2D eigenvalue weighted by molar-refractivity contribution is 7.88. The average Bonchev–Trinajstić information content (AvgIpc) is 2.65. The zero-order valence-corrected chi connectivity index (χ0v) is 14.7. The second-order valence-electron chi connectivity index (χ2n) is 6.20. The molecule has 1 rings (SSSR count). The van der Waals surface area contributed by atoms with Gasteiger partial charge in [0.05, 0.1) is 6.26 Å². The number of hydrogen-bond acceptors (Lipinski definition) is 4. The Bertz CT molecular complexity index is 365. The summed E-state index contributed by atoms with van der Waals surface area (Å²) in [7, 11) is -3.05. The average molecular weight is 320 g/mol. The monoisotopic (exact) mass is 319 g/mol. The van der Waals surface area contributed by atoms with Crippen LogP contribution < -0.4 is 10.6 Å². The normalized spacial score (nSPS) is 22.2. The summed E-state index contributed by atoms with van der Waals surface area (Å²) in [5.74, 6) is 0. The van der Waals surface area contributed by atoms with E-state index >= 15 is 0 Å². The Hall–Kier alpha value is -0.170. The van der Waals surface area contributed by atoms with E-state index in [1.54, 1.807) is 0 Å². The number of sulfonamides is 1. The van der Waals surface area contributed by atoms with Gasteiger partial charge in [-0.3, -0.25) is 0 Å². The highest BCUT2D eigenvalue weighted by atomic mass is 32.2. The molecule has 21 heavy (non-hydrogen) atoms. The third-order valence-corrected chi connectivity index (χ3v) is 5.58. The van der Waals surface area contributed by atoms with Crippen LogP contribution in [0.2, 0.25) is 0 Å². The van der Waals surface area contributed by atoms with Crippen LogP contribution in [0, 0.1) is 0 Å². The summed E-state index contributed by atoms with van der Waals surface area (Å²) in [6.45, 7) is 7.30. The zero-order valence-electron chi connectivity index (χ0n) is 13.9. The minimum absolute atomic E-state index is 0.480. The highest BCUT2D eigenvalue weighted by Crippen LogP contribution is 2.12. The molecule has 0 aliphatic carbocycles. The Balaban J connectivity index is 2.16. The van der Waals surface area contributed by atoms with Gasteiger partial charge in [0.25, 0.3) is 0 Å². The molecule has 1 heterocycles. The number of rotatable bonds is 9. The first-order valence-corrected chi connectivity index (χ1v) is 10.2. The molecule has 0 radical (unpaired) electrons. The van der Waals surface area contributed by atoms with Gasteiger partial charge in [0.15, 0.2) is 0 Å². The van der Waals surface area contributed by atoms with Crippen LogP contribution in [0.25, 0.3) is 0 Å². The Kier molecular flexibility index (Phi) is 8.78. The molecule has 1 aliphatic heterocycles. The van der Waals surface area contributed by atoms with Gasteiger partial charge in [-0.25, -0.2) is 12.7 Å². The van der Waals surface area contributed by atoms with Gasteiger partial charge >= 0.3 is 0 Å². The lowest BCUT2D eigenvalue weighted by molar-refractivity contribution is 0.384. The summed E-state index contributed by atoms with van der Waals surface area (Å²) in [6, 6.07) is 1.12. The Morgan fingerprint density at radius 2 is 2.10 bits per heavy atom. The van der Waals surface area contributed by atoms with Crippen molar-refractivity contribution in [2.75, 3.05) is 32.4 Å². The van der Waals surface area contributed by atoms with Crippen molar-refractivity contribution in [3.05, 3.63) is 0 Å². The van der Waals surface area contributed by atoms with E-state index in [4.69, 9.17) is 0 Å². The van der Waals surface area contributed by atoms with Crippen molar-refractivity contribution < 1.29 is 8.42 Å². The second-order valence-corrected chi connectivity index (χ2v) is 8.18. The van der Waals surface area contributed by atoms with Crippen LogP contribution >= 0.6 is 0 Å². The predicted molar refractivity (Wildman–Crippen MR) is 89.0 cm³/mol. The maximum atomic E-state index is 11.5. The van der Waals surface area contributed by atoms with Gasteiger partial charge in [-0.1, -0.05) is 19.8 Å². The SMILES string of the molecule is CCN(CCCNC(C)CC1CCCCCN1)S(C)(=O)=O. The van der Waals surface area contributed by atoms with Crippen LogP contribution in [0.3, 0.4) is 0 Å². The number of nitrogens with zero attached hydrogens (tertiary/aromatic N) is 1. The molecule has 0 aromatic rings. The molecule has 0 aromatic carbocycles. The van der Waals surface area contributed by atoms with Gasteiger partial charge in [0.2, 0.25) is 10.0 Å². The third-order valence-electron chi connectivity index (χ3n) is 4.20. The fraction of sp³-hybridized carbons (Fsp3) is 1.00. The van der Waals surface area contributed by atoms with E-state index in [2.05, 4.69) is 17.6 Å². The van der Waals surface area contributed by atoms with E-state index < -0.39 is 10.0 Å². The van der Waals surface area contributed by atoms with Gasteiger partial charge in [-0.2, -0.15) is 0 Å². The van der Waals surface area contributed by atoms with Crippen molar-refractivity contribution in [3.63, 3.8) is 0 Å². The van der Waals surface area contributed by atoms with E-state index in [1.165, 1.54) is 36.2 Å². The van der Waals surface area contributed by atoms with Crippen LogP contribution in [0.1, 0.15) is 52.4 Å². The first-order valence-electron chi connectivity index (χ1n) is 8.35. The third kappa shape index (κ3) is 8.14. The van der Waals surface area contributed by atoms with E-state index in [-0.39, 0.29) is 0 Å². The topological polar surface area (TPSA) is 61.4 Å². The molecule has 2 unspecified atom stereocenters. The molecule has 1 saturated heterocycles. The largest absolute Gasteiger partial charge is 0.314 e. The first-order chi connectivity index (χ1) is 9.93. The summed E-state index contributed by atoms with van der Waals surface area (Å²) in [6.07, 6.45) is 8.57. The molecular formula is C15H33N3O2S. The second kappa shape index (κ2) is 9.77. The van der Waals surface area contributed by atoms with Crippen molar-refractivity contribution in [2.45, 2.75) is 64.5 Å². The van der Waals surface area contributed by atoms with Crippen molar-refractivity contribution in [2.24, 2.45) is 0 Å². The van der Waals surface area contributed by atoms with Gasteiger partial charge in [0, 0.05) is 25.2 Å². The molecule has 6 heteroatoms. The predicted octanol–water partition coefficient (Wildman–Crippen LogP) is 1.56. The Morgan fingerprint density at radius 3 is 2.76 bits per heavy atom. The van der Waals surface area contributed by atoms with Crippen LogP contribution in [-0.2, 0) is 10.0 Å². The molecule has 0 saturated carbocycles. The van der Waals surface area contributed by atoms with Crippen LogP contribution in [-0.4, -0.2) is 57.2 Å². The maximum Gasteiger partial charge on any atom is 0.211 e. The fourth-order valence-corrected chi connectivity index (χ4v) is 3.90. The number of hydrogen-bond donors (Lipinski definition) is 2. The van der Waals surface area contributed by atoms with Crippen molar-refractivity contribution >= 4 is 10.0 Å². The standard InChI is InChI=1S/C15H33N3O2S/c1-4-18(21(3,19)20)12-8-11-16-14(2)13-15-9-6-5-7-10-17-15/h14-17H,4-13H2,1-3H3. The minimum Gasteiger partial charge on any atom is -0.314 e. The Morgan fingerprint density at radius 1 is 1.33 bits per heavy atom. The summed E-state index contributed by atoms with van der Waals surface area (Å²) in [5.41, 5.74) is 0. The highest BCUT2D eigenvalue weighted by Gasteiger charge is 2.15. The lowest BCUT2D eigenvalue weighted by atomic mass is 10.0. The molecule has 5 nitrogen and oxygen atoms in total. The lowest BCUT2D eigenvalue weighted by Gasteiger charge is -2.22. The molecule has 2 N–H and O–H groups in total. The first kappa shape index (κ1) is 18.9. The molecular weight excluding hydrogens is 286 g/mol. The van der Waals surface area contributed by atoms with E-state index in [1.807, 2.05) is 6.92 Å². The van der Waals surface area contributed by atoms with Crippen molar-refractivity contribution in [3.8, 4) is 0 Å². The summed E-state index contributed by atoms with van der Waals surface area (Å²) in [4.78, 5) is 0. The smallest absolute Gasteiger partial charge is 0.211 e. The molecule has 0 bridgehead atoms. The van der Waals surface area contributed by atoms with Crippen molar-refractivity contribution in [1.82, 2.24) is 14.9 Å². The van der Waals surface area contributed by atoms with E-state index in [9.17, 15) is 8.42 Å². The molecule has 1 fully saturated rings. The summed E-state index contributed by atoms with van der Waals surface area (Å²) >= 11 is 0. The minimum atomic E-state index is -3.05. The van der Waals surface area contributed by atoms with Gasteiger partial charge in [-0.05, 0) is 45.7 Å². The zero-order chi connectivity index (χ0) is 15.7. The van der Waals surface area contributed by atoms with Crippen molar-refractivity contribution in [1.29, 1.82) is 0 Å². The molecule has 126 valence electrons. The molecule has 0 spiro atoms. The summed E-state index contributed by atoms with van der Waals surface area (Å²) in [5, 5.41) is 7.14. The maximum absolute atomic E-state index is 11.5. The Labute approximate surface area is 130 Å². The van der Waals surface area contributed by atoms with Crippen LogP contribution in [0.5, 0.6) is 0 Å². The fourth-order valence-electron chi connectivity index (χ4n) is 2.97. The van der Waals surface area contributed by atoms with Gasteiger partial charge < -0.3 is 10.6 Å². The van der Waals surface area contributed by atoms with E-state index in [0.29, 0.717) is 25.2 Å². The van der Waals surface area contributed by atoms with Crippen LogP contribution in [0.15, 0.2) is 0 Å². The van der Waals surface area contributed by atoms with Gasteiger partial charge in [0.1, 0.15) is 0 Å². The molecule has 2 atom stereocenters. The molecule has 1 aliphatic rings. The van der Waals surface area contributed by atoms with E-state index in [0.717, 1.165) is 25.9 Å².